The van der Waals surface area contributed by atoms with Crippen LogP contribution < -0.4 is 10.7 Å². The van der Waals surface area contributed by atoms with Gasteiger partial charge < -0.3 is 10.1 Å². The number of rotatable bonds is 4. The third kappa shape index (κ3) is 4.24. The van der Waals surface area contributed by atoms with Crippen LogP contribution in [-0.2, 0) is 27.2 Å². The first-order valence-electron chi connectivity index (χ1n) is 12.3. The molecule has 3 aliphatic rings. The molecule has 5 rings (SSSR count). The van der Waals surface area contributed by atoms with Gasteiger partial charge in [0.05, 0.1) is 11.1 Å². The maximum atomic E-state index is 13.2. The van der Waals surface area contributed by atoms with E-state index in [1.807, 2.05) is 24.3 Å². The summed E-state index contributed by atoms with van der Waals surface area (Å²) in [7, 11) is 0. The van der Waals surface area contributed by atoms with Crippen molar-refractivity contribution in [3.63, 3.8) is 0 Å². The lowest BCUT2D eigenvalue weighted by Crippen LogP contribution is -2.52. The highest BCUT2D eigenvalue weighted by Crippen LogP contribution is 2.36. The highest BCUT2D eigenvalue weighted by atomic mass is 16.5. The highest BCUT2D eigenvalue weighted by molar-refractivity contribution is 6.08. The largest absolute Gasteiger partial charge is 0.452 e. The molecule has 1 unspecified atom stereocenters. The van der Waals surface area contributed by atoms with Crippen LogP contribution in [0, 0.1) is 11.8 Å². The lowest BCUT2D eigenvalue weighted by molar-refractivity contribution is -0.141. The minimum absolute atomic E-state index is 0.412. The number of fused-ring (bicyclic) bond motifs is 2. The van der Waals surface area contributed by atoms with Gasteiger partial charge in [-0.05, 0) is 68.4 Å². The lowest BCUT2D eigenvalue weighted by atomic mass is 9.77. The topological polar surface area (TPSA) is 118 Å². The van der Waals surface area contributed by atoms with Crippen molar-refractivity contribution in [3.8, 4) is 0 Å². The normalized spacial score (nSPS) is 25.9. The third-order valence-electron chi connectivity index (χ3n) is 7.57. The standard InChI is InChI=1S/C26H30N4O5/c1-15-9-11-26(12-10-15)24(33)30(25(34)28-26)29-21(31)14-35-23(32)22-17-5-3-4-6-19(17)27-20-8-7-16(2)13-18(20)22/h3-6,15-16H,7-14H2,1-2H3,(H,28,34)(H,29,31). The van der Waals surface area contributed by atoms with Gasteiger partial charge in [-0.25, -0.2) is 9.59 Å². The Hall–Kier alpha value is -3.49. The monoisotopic (exact) mass is 478 g/mol. The van der Waals surface area contributed by atoms with E-state index in [0.717, 1.165) is 41.9 Å². The van der Waals surface area contributed by atoms with Crippen molar-refractivity contribution in [1.82, 2.24) is 20.7 Å². The van der Waals surface area contributed by atoms with Gasteiger partial charge in [-0.3, -0.25) is 20.0 Å². The molecule has 4 amide bonds. The Labute approximate surface area is 203 Å². The summed E-state index contributed by atoms with van der Waals surface area (Å²) in [6, 6.07) is 6.74. The Kier molecular flexibility index (Phi) is 5.94. The Morgan fingerprint density at radius 3 is 2.66 bits per heavy atom. The molecule has 0 radical (unpaired) electrons. The van der Waals surface area contributed by atoms with Gasteiger partial charge in [0, 0.05) is 11.1 Å². The van der Waals surface area contributed by atoms with E-state index in [1.165, 1.54) is 0 Å². The number of ether oxygens (including phenoxy) is 1. The number of hydrogen-bond donors (Lipinski definition) is 2. The number of nitrogens with one attached hydrogen (secondary N) is 2. The molecule has 1 aliphatic heterocycles. The molecule has 9 nitrogen and oxygen atoms in total. The van der Waals surface area contributed by atoms with Crippen molar-refractivity contribution in [2.45, 2.75) is 64.3 Å². The minimum atomic E-state index is -0.959. The van der Waals surface area contributed by atoms with E-state index in [-0.39, 0.29) is 0 Å². The molecule has 1 aromatic heterocycles. The van der Waals surface area contributed by atoms with E-state index in [0.29, 0.717) is 47.6 Å². The summed E-state index contributed by atoms with van der Waals surface area (Å²) in [4.78, 5) is 55.9. The van der Waals surface area contributed by atoms with Crippen molar-refractivity contribution >= 4 is 34.7 Å². The smallest absolute Gasteiger partial charge is 0.344 e. The number of esters is 1. The molecule has 1 spiro atoms. The molecule has 2 heterocycles. The van der Waals surface area contributed by atoms with E-state index in [4.69, 9.17) is 9.72 Å². The lowest BCUT2D eigenvalue weighted by Gasteiger charge is -2.33. The number of amides is 4. The third-order valence-corrected chi connectivity index (χ3v) is 7.57. The van der Waals surface area contributed by atoms with E-state index in [1.54, 1.807) is 0 Å². The predicted octanol–water partition coefficient (Wildman–Crippen LogP) is 3.05. The number of hydrazine groups is 1. The van der Waals surface area contributed by atoms with Crippen LogP contribution in [0.2, 0.25) is 0 Å². The van der Waals surface area contributed by atoms with Crippen molar-refractivity contribution in [2.75, 3.05) is 6.61 Å². The molecule has 1 atom stereocenters. The van der Waals surface area contributed by atoms with Crippen molar-refractivity contribution in [1.29, 1.82) is 0 Å². The molecule has 35 heavy (non-hydrogen) atoms. The molecule has 2 aromatic rings. The molecule has 0 bridgehead atoms. The van der Waals surface area contributed by atoms with Gasteiger partial charge in [-0.1, -0.05) is 32.0 Å². The fourth-order valence-corrected chi connectivity index (χ4v) is 5.47. The summed E-state index contributed by atoms with van der Waals surface area (Å²) < 4.78 is 5.38. The van der Waals surface area contributed by atoms with E-state index in [9.17, 15) is 19.2 Å². The van der Waals surface area contributed by atoms with Gasteiger partial charge in [0.25, 0.3) is 11.8 Å². The number of benzene rings is 1. The molecule has 2 aliphatic carbocycles. The fourth-order valence-electron chi connectivity index (χ4n) is 5.47. The van der Waals surface area contributed by atoms with Crippen LogP contribution in [0.4, 0.5) is 4.79 Å². The number of aryl methyl sites for hydroxylation is 1. The summed E-state index contributed by atoms with van der Waals surface area (Å²) in [5, 5.41) is 4.16. The van der Waals surface area contributed by atoms with Gasteiger partial charge in [0.1, 0.15) is 5.54 Å². The van der Waals surface area contributed by atoms with Gasteiger partial charge in [-0.2, -0.15) is 5.01 Å². The molecule has 1 aromatic carbocycles. The number of pyridine rings is 1. The number of aromatic nitrogens is 1. The van der Waals surface area contributed by atoms with E-state index in [2.05, 4.69) is 24.6 Å². The number of urea groups is 1. The quantitative estimate of drug-likeness (QED) is 0.515. The molecule has 2 N–H and O–H groups in total. The molecule has 1 saturated heterocycles. The van der Waals surface area contributed by atoms with Crippen LogP contribution in [0.25, 0.3) is 10.9 Å². The van der Waals surface area contributed by atoms with Crippen molar-refractivity contribution < 1.29 is 23.9 Å². The van der Waals surface area contributed by atoms with Gasteiger partial charge in [0.2, 0.25) is 0 Å². The Balaban J connectivity index is 1.29. The number of imide groups is 1. The number of nitrogens with zero attached hydrogens (tertiary/aromatic N) is 2. The molecule has 1 saturated carbocycles. The molecule has 9 heteroatoms. The zero-order valence-corrected chi connectivity index (χ0v) is 20.1. The highest BCUT2D eigenvalue weighted by Gasteiger charge is 2.52. The molecule has 184 valence electrons. The fraction of sp³-hybridized carbons (Fsp3) is 0.500. The zero-order valence-electron chi connectivity index (χ0n) is 20.1. The summed E-state index contributed by atoms with van der Waals surface area (Å²) >= 11 is 0. The van der Waals surface area contributed by atoms with Crippen LogP contribution in [-0.4, -0.2) is 46.0 Å². The minimum Gasteiger partial charge on any atom is -0.452 e. The van der Waals surface area contributed by atoms with Crippen LogP contribution in [0.3, 0.4) is 0 Å². The summed E-state index contributed by atoms with van der Waals surface area (Å²) in [6.45, 7) is 3.64. The Morgan fingerprint density at radius 2 is 1.89 bits per heavy atom. The van der Waals surface area contributed by atoms with Crippen molar-refractivity contribution in [2.24, 2.45) is 11.8 Å². The number of hydrogen-bond acceptors (Lipinski definition) is 6. The van der Waals surface area contributed by atoms with E-state index < -0.39 is 36.0 Å². The van der Waals surface area contributed by atoms with Crippen LogP contribution in [0.15, 0.2) is 24.3 Å². The predicted molar refractivity (Wildman–Crippen MR) is 127 cm³/mol. The van der Waals surface area contributed by atoms with Crippen LogP contribution in [0.5, 0.6) is 0 Å². The first-order chi connectivity index (χ1) is 16.8. The summed E-state index contributed by atoms with van der Waals surface area (Å²) in [5.74, 6) is -0.915. The average Bonchev–Trinajstić information content (AvgIpc) is 3.07. The SMILES string of the molecule is CC1CCC2(CC1)NC(=O)N(NC(=O)COC(=O)c1c3c(nc4ccccc14)CCC(C)C3)C2=O. The number of para-hydroxylation sites is 1. The Bertz CT molecular complexity index is 1220. The van der Waals surface area contributed by atoms with Crippen LogP contribution in [0.1, 0.15) is 67.6 Å². The van der Waals surface area contributed by atoms with Gasteiger partial charge >= 0.3 is 12.0 Å². The van der Waals surface area contributed by atoms with Crippen LogP contribution >= 0.6 is 0 Å². The summed E-state index contributed by atoms with van der Waals surface area (Å²) in [6.07, 6.45) is 5.24. The molecule has 2 fully saturated rings. The molecular weight excluding hydrogens is 448 g/mol. The number of carbonyl (C=O) groups excluding carboxylic acids is 4. The maximum absolute atomic E-state index is 13.2. The molecular formula is C26H30N4O5. The first-order valence-corrected chi connectivity index (χ1v) is 12.3. The maximum Gasteiger partial charge on any atom is 0.344 e. The first kappa shape index (κ1) is 23.3. The Morgan fingerprint density at radius 1 is 1.14 bits per heavy atom. The second-order valence-corrected chi connectivity index (χ2v) is 10.2. The second-order valence-electron chi connectivity index (χ2n) is 10.2. The number of carbonyl (C=O) groups is 4. The second kappa shape index (κ2) is 8.94. The average molecular weight is 479 g/mol. The summed E-state index contributed by atoms with van der Waals surface area (Å²) in [5.41, 5.74) is 4.27. The zero-order chi connectivity index (χ0) is 24.7. The van der Waals surface area contributed by atoms with Gasteiger partial charge in [0.15, 0.2) is 6.61 Å². The van der Waals surface area contributed by atoms with Gasteiger partial charge in [-0.15, -0.1) is 0 Å². The van der Waals surface area contributed by atoms with E-state index >= 15 is 0 Å². The van der Waals surface area contributed by atoms with Crippen molar-refractivity contribution in [3.05, 3.63) is 41.1 Å².